The van der Waals surface area contributed by atoms with Gasteiger partial charge in [-0.3, -0.25) is 0 Å². The zero-order valence-electron chi connectivity index (χ0n) is 17.0. The van der Waals surface area contributed by atoms with Crippen LogP contribution in [-0.2, 0) is 0 Å². The van der Waals surface area contributed by atoms with Gasteiger partial charge in [-0.25, -0.2) is 9.07 Å². The first kappa shape index (κ1) is 22.3. The summed E-state index contributed by atoms with van der Waals surface area (Å²) in [5.41, 5.74) is 9.05. The van der Waals surface area contributed by atoms with Crippen LogP contribution in [0.5, 0.6) is 11.5 Å². The van der Waals surface area contributed by atoms with Crippen molar-refractivity contribution >= 4 is 10.9 Å². The molecule has 1 heterocycles. The predicted molar refractivity (Wildman–Crippen MR) is 122 cm³/mol. The molecule has 0 spiro atoms. The second kappa shape index (κ2) is 9.62. The van der Waals surface area contributed by atoms with Crippen molar-refractivity contribution in [1.82, 2.24) is 9.78 Å². The maximum Gasteiger partial charge on any atom is 0.139 e. The Labute approximate surface area is 182 Å². The van der Waals surface area contributed by atoms with E-state index >= 15 is 0 Å². The summed E-state index contributed by atoms with van der Waals surface area (Å²) in [7, 11) is 1.64. The average Bonchev–Trinajstić information content (AvgIpc) is 3.20. The summed E-state index contributed by atoms with van der Waals surface area (Å²) in [6.07, 6.45) is 2.23. The van der Waals surface area contributed by atoms with E-state index in [0.717, 1.165) is 34.3 Å². The van der Waals surface area contributed by atoms with Crippen LogP contribution in [0.25, 0.3) is 16.6 Å². The van der Waals surface area contributed by atoms with Crippen molar-refractivity contribution in [3.63, 3.8) is 0 Å². The molecule has 0 aliphatic carbocycles. The lowest BCUT2D eigenvalue weighted by molar-refractivity contribution is 0.171. The zero-order chi connectivity index (χ0) is 21.1. The fourth-order valence-corrected chi connectivity index (χ4v) is 3.45. The first-order valence-electron chi connectivity index (χ1n) is 9.89. The topological polar surface area (TPSA) is 62.3 Å². The molecule has 0 aliphatic heterocycles. The van der Waals surface area contributed by atoms with Crippen molar-refractivity contribution in [1.29, 1.82) is 0 Å². The van der Waals surface area contributed by atoms with Gasteiger partial charge in [0, 0.05) is 11.4 Å². The monoisotopic (exact) mass is 421 g/mol. The third-order valence-electron chi connectivity index (χ3n) is 5.16. The van der Waals surface area contributed by atoms with Crippen molar-refractivity contribution < 1.29 is 13.9 Å². The van der Waals surface area contributed by atoms with Crippen molar-refractivity contribution in [2.24, 2.45) is 5.73 Å². The Hall–Kier alpha value is -3.38. The fraction of sp³-hybridized carbons (Fsp3) is 0.240. The Morgan fingerprint density at radius 3 is 2.52 bits per heavy atom. The van der Waals surface area contributed by atoms with Crippen LogP contribution in [0, 0.1) is 5.82 Å². The first-order valence-corrected chi connectivity index (χ1v) is 9.89. The molecule has 162 valence electrons. The molecule has 2 N–H and O–H groups in total. The molecular formula is C25H28FN3O2. The van der Waals surface area contributed by atoms with Crippen molar-refractivity contribution in [2.75, 3.05) is 7.11 Å². The van der Waals surface area contributed by atoms with Crippen LogP contribution < -0.4 is 15.2 Å². The molecule has 3 aromatic carbocycles. The van der Waals surface area contributed by atoms with Gasteiger partial charge in [0.15, 0.2) is 0 Å². The largest absolute Gasteiger partial charge is 0.497 e. The van der Waals surface area contributed by atoms with Gasteiger partial charge in [-0.15, -0.1) is 0 Å². The van der Waals surface area contributed by atoms with Gasteiger partial charge in [0.05, 0.1) is 24.5 Å². The number of hydrogen-bond donors (Lipinski definition) is 1. The van der Waals surface area contributed by atoms with E-state index in [0.29, 0.717) is 5.75 Å². The smallest absolute Gasteiger partial charge is 0.139 e. The summed E-state index contributed by atoms with van der Waals surface area (Å²) in [6.45, 7) is 2.04. The Morgan fingerprint density at radius 1 is 1.03 bits per heavy atom. The van der Waals surface area contributed by atoms with Gasteiger partial charge in [0.1, 0.15) is 23.4 Å². The predicted octanol–water partition coefficient (Wildman–Crippen LogP) is 5.67. The van der Waals surface area contributed by atoms with Gasteiger partial charge in [0.2, 0.25) is 0 Å². The molecule has 2 atom stereocenters. The van der Waals surface area contributed by atoms with Crippen LogP contribution >= 0.6 is 0 Å². The second-order valence-electron chi connectivity index (χ2n) is 7.14. The van der Waals surface area contributed by atoms with Gasteiger partial charge < -0.3 is 15.2 Å². The second-order valence-corrected chi connectivity index (χ2v) is 7.14. The molecule has 0 radical (unpaired) electrons. The summed E-state index contributed by atoms with van der Waals surface area (Å²) in [5, 5.41) is 5.37. The molecule has 0 unspecified atom stereocenters. The van der Waals surface area contributed by atoms with E-state index in [-0.39, 0.29) is 25.4 Å². The van der Waals surface area contributed by atoms with Crippen LogP contribution in [0.2, 0.25) is 0 Å². The van der Waals surface area contributed by atoms with E-state index in [1.807, 2.05) is 49.4 Å². The highest BCUT2D eigenvalue weighted by Gasteiger charge is 2.21. The van der Waals surface area contributed by atoms with E-state index in [2.05, 4.69) is 5.10 Å². The first-order chi connectivity index (χ1) is 14.6. The number of hydrogen-bond acceptors (Lipinski definition) is 4. The molecule has 0 amide bonds. The standard InChI is InChI=1S/C24H24FN3O2.CH4/c1-3-22(26)24(16-5-4-6-20(13-16)29-2)30-21-11-12-23-17(14-21)15-27-28(23)19-9-7-18(25)8-10-19;/h4-15,22,24H,3,26H2,1-2H3;1H4/t22-,24+;/m0./s1. The lowest BCUT2D eigenvalue weighted by Crippen LogP contribution is -2.31. The lowest BCUT2D eigenvalue weighted by Gasteiger charge is -2.25. The SMILES string of the molecule is C.CC[C@H](N)[C@H](Oc1ccc2c(cnn2-c2ccc(F)cc2)c1)c1cccc(OC)c1. The number of rotatable bonds is 7. The maximum absolute atomic E-state index is 13.2. The molecule has 4 rings (SSSR count). The summed E-state index contributed by atoms with van der Waals surface area (Å²) in [4.78, 5) is 0. The lowest BCUT2D eigenvalue weighted by atomic mass is 10.0. The van der Waals surface area contributed by atoms with Gasteiger partial charge in [0.25, 0.3) is 0 Å². The molecule has 1 aromatic heterocycles. The fourth-order valence-electron chi connectivity index (χ4n) is 3.45. The highest BCUT2D eigenvalue weighted by Crippen LogP contribution is 2.30. The number of nitrogens with zero attached hydrogens (tertiary/aromatic N) is 2. The van der Waals surface area contributed by atoms with Gasteiger partial charge in [-0.2, -0.15) is 5.10 Å². The van der Waals surface area contributed by atoms with Gasteiger partial charge in [-0.1, -0.05) is 26.5 Å². The van der Waals surface area contributed by atoms with E-state index in [1.54, 1.807) is 30.1 Å². The Balaban J connectivity index is 0.00000272. The molecule has 0 fully saturated rings. The number of ether oxygens (including phenoxy) is 2. The molecule has 4 aromatic rings. The van der Waals surface area contributed by atoms with E-state index in [1.165, 1.54) is 12.1 Å². The summed E-state index contributed by atoms with van der Waals surface area (Å²) < 4.78 is 26.7. The zero-order valence-corrected chi connectivity index (χ0v) is 17.0. The minimum Gasteiger partial charge on any atom is -0.497 e. The number of methoxy groups -OCH3 is 1. The third kappa shape index (κ3) is 4.70. The minimum atomic E-state index is -0.310. The highest BCUT2D eigenvalue weighted by atomic mass is 19.1. The number of benzene rings is 3. The molecule has 0 aliphatic rings. The van der Waals surface area contributed by atoms with E-state index in [4.69, 9.17) is 15.2 Å². The van der Waals surface area contributed by atoms with Crippen LogP contribution in [0.4, 0.5) is 4.39 Å². The van der Waals surface area contributed by atoms with Crippen LogP contribution in [-0.4, -0.2) is 22.9 Å². The summed E-state index contributed by atoms with van der Waals surface area (Å²) >= 11 is 0. The molecule has 6 heteroatoms. The molecule has 5 nitrogen and oxygen atoms in total. The Kier molecular flexibility index (Phi) is 6.92. The Bertz CT molecular complexity index is 1140. The van der Waals surface area contributed by atoms with Crippen LogP contribution in [0.15, 0.2) is 72.9 Å². The number of halogens is 1. The Morgan fingerprint density at radius 2 is 1.81 bits per heavy atom. The van der Waals surface area contributed by atoms with Gasteiger partial charge >= 0.3 is 0 Å². The quantitative estimate of drug-likeness (QED) is 0.418. The minimum absolute atomic E-state index is 0. The van der Waals surface area contributed by atoms with Crippen LogP contribution in [0.1, 0.15) is 32.4 Å². The molecular weight excluding hydrogens is 393 g/mol. The number of fused-ring (bicyclic) bond motifs is 1. The van der Waals surface area contributed by atoms with Crippen molar-refractivity contribution in [2.45, 2.75) is 32.9 Å². The average molecular weight is 422 g/mol. The number of aromatic nitrogens is 2. The maximum atomic E-state index is 13.2. The van der Waals surface area contributed by atoms with Crippen molar-refractivity contribution in [3.8, 4) is 17.2 Å². The third-order valence-corrected chi connectivity index (χ3v) is 5.16. The summed E-state index contributed by atoms with van der Waals surface area (Å²) in [6, 6.07) is 19.6. The molecule has 0 saturated carbocycles. The van der Waals surface area contributed by atoms with E-state index in [9.17, 15) is 4.39 Å². The normalized spacial score (nSPS) is 12.8. The molecule has 0 bridgehead atoms. The van der Waals surface area contributed by atoms with Crippen LogP contribution in [0.3, 0.4) is 0 Å². The highest BCUT2D eigenvalue weighted by molar-refractivity contribution is 5.81. The number of nitrogens with two attached hydrogens (primary N) is 1. The van der Waals surface area contributed by atoms with Gasteiger partial charge in [-0.05, 0) is 66.6 Å². The van der Waals surface area contributed by atoms with E-state index < -0.39 is 0 Å². The van der Waals surface area contributed by atoms with Crippen molar-refractivity contribution in [3.05, 3.63) is 84.3 Å². The molecule has 0 saturated heterocycles. The molecule has 31 heavy (non-hydrogen) atoms. The summed E-state index contributed by atoms with van der Waals surface area (Å²) in [5.74, 6) is 1.19.